The van der Waals surface area contributed by atoms with Gasteiger partial charge in [-0.3, -0.25) is 0 Å². The molecule has 4 nitrogen and oxygen atoms in total. The van der Waals surface area contributed by atoms with Crippen molar-refractivity contribution in [2.45, 2.75) is 6.92 Å². The third-order valence-electron chi connectivity index (χ3n) is 3.57. The first kappa shape index (κ1) is 12.7. The van der Waals surface area contributed by atoms with Crippen molar-refractivity contribution in [3.63, 3.8) is 0 Å². The highest BCUT2D eigenvalue weighted by atomic mass is 15.3. The molecule has 0 amide bonds. The van der Waals surface area contributed by atoms with E-state index >= 15 is 0 Å². The van der Waals surface area contributed by atoms with E-state index in [1.165, 1.54) is 0 Å². The Hall–Kier alpha value is -1.73. The monoisotopic (exact) mass is 244 g/mol. The topological polar surface area (TPSA) is 42.3 Å². The van der Waals surface area contributed by atoms with Gasteiger partial charge in [0.25, 0.3) is 0 Å². The Kier molecular flexibility index (Phi) is 4.06. The van der Waals surface area contributed by atoms with Gasteiger partial charge < -0.3 is 15.1 Å². The first-order valence-electron chi connectivity index (χ1n) is 6.47. The Morgan fingerprint density at radius 3 is 2.56 bits per heavy atom. The Morgan fingerprint density at radius 1 is 1.28 bits per heavy atom. The lowest BCUT2D eigenvalue weighted by Crippen LogP contribution is -2.46. The zero-order valence-electron chi connectivity index (χ0n) is 11.1. The largest absolute Gasteiger partial charge is 0.388 e. The highest BCUT2D eigenvalue weighted by molar-refractivity contribution is 5.65. The minimum atomic E-state index is 0.756. The molecule has 0 unspecified atom stereocenters. The number of likely N-dealkylation sites (N-methyl/N-ethyl adjacent to an activating group) is 1. The Balaban J connectivity index is 2.16. The summed E-state index contributed by atoms with van der Waals surface area (Å²) in [5.41, 5.74) is 2.81. The predicted molar refractivity (Wildman–Crippen MR) is 75.0 cm³/mol. The number of hydrogen-bond acceptors (Lipinski definition) is 4. The van der Waals surface area contributed by atoms with Crippen LogP contribution in [0.2, 0.25) is 0 Å². The average Bonchev–Trinajstić information content (AvgIpc) is 2.46. The van der Waals surface area contributed by atoms with Gasteiger partial charge in [-0.25, -0.2) is 0 Å². The van der Waals surface area contributed by atoms with Crippen molar-refractivity contribution >= 4 is 11.4 Å². The number of nitriles is 1. The molecule has 1 aromatic carbocycles. The van der Waals surface area contributed by atoms with E-state index in [9.17, 15) is 5.26 Å². The quantitative estimate of drug-likeness (QED) is 0.879. The molecule has 4 heteroatoms. The van der Waals surface area contributed by atoms with E-state index in [0.717, 1.165) is 49.7 Å². The van der Waals surface area contributed by atoms with Crippen LogP contribution in [-0.4, -0.2) is 44.7 Å². The molecule has 1 heterocycles. The minimum absolute atomic E-state index is 0.756. The first-order chi connectivity index (χ1) is 8.78. The zero-order valence-corrected chi connectivity index (χ0v) is 11.1. The van der Waals surface area contributed by atoms with E-state index in [-0.39, 0.29) is 0 Å². The van der Waals surface area contributed by atoms with Crippen molar-refractivity contribution in [2.24, 2.45) is 0 Å². The van der Waals surface area contributed by atoms with Gasteiger partial charge in [-0.15, -0.1) is 0 Å². The van der Waals surface area contributed by atoms with Crippen molar-refractivity contribution in [1.82, 2.24) is 4.90 Å². The highest BCUT2D eigenvalue weighted by Gasteiger charge is 2.18. The lowest BCUT2D eigenvalue weighted by Gasteiger charge is -2.36. The zero-order chi connectivity index (χ0) is 13.0. The summed E-state index contributed by atoms with van der Waals surface area (Å²) in [6.07, 6.45) is 0. The molecule has 18 heavy (non-hydrogen) atoms. The van der Waals surface area contributed by atoms with E-state index in [1.807, 2.05) is 25.2 Å². The average molecular weight is 244 g/mol. The van der Waals surface area contributed by atoms with Crippen LogP contribution in [0.3, 0.4) is 0 Å². The van der Waals surface area contributed by atoms with Crippen LogP contribution in [0.5, 0.6) is 0 Å². The summed E-state index contributed by atoms with van der Waals surface area (Å²) in [6.45, 7) is 7.46. The highest BCUT2D eigenvalue weighted by Crippen LogP contribution is 2.24. The smallest absolute Gasteiger partial charge is 0.101 e. The third-order valence-corrected chi connectivity index (χ3v) is 3.57. The van der Waals surface area contributed by atoms with E-state index in [4.69, 9.17) is 0 Å². The molecule has 1 aliphatic heterocycles. The second kappa shape index (κ2) is 5.74. The number of rotatable bonds is 3. The van der Waals surface area contributed by atoms with Crippen LogP contribution >= 0.6 is 0 Å². The number of benzene rings is 1. The second-order valence-electron chi connectivity index (χ2n) is 4.52. The number of hydrogen-bond donors (Lipinski definition) is 1. The summed E-state index contributed by atoms with van der Waals surface area (Å²) in [5, 5.41) is 12.3. The summed E-state index contributed by atoms with van der Waals surface area (Å²) in [5.74, 6) is 0. The summed E-state index contributed by atoms with van der Waals surface area (Å²) < 4.78 is 0. The number of piperazine rings is 1. The van der Waals surface area contributed by atoms with Crippen LogP contribution in [0.15, 0.2) is 18.2 Å². The molecule has 1 aromatic rings. The maximum Gasteiger partial charge on any atom is 0.101 e. The first-order valence-corrected chi connectivity index (χ1v) is 6.47. The van der Waals surface area contributed by atoms with Crippen molar-refractivity contribution in [2.75, 3.05) is 50.0 Å². The summed E-state index contributed by atoms with van der Waals surface area (Å²) in [4.78, 5) is 4.74. The molecule has 96 valence electrons. The fourth-order valence-electron chi connectivity index (χ4n) is 2.36. The molecule has 1 saturated heterocycles. The van der Waals surface area contributed by atoms with E-state index in [2.05, 4.69) is 28.1 Å². The van der Waals surface area contributed by atoms with E-state index in [0.29, 0.717) is 0 Å². The van der Waals surface area contributed by atoms with Crippen LogP contribution in [-0.2, 0) is 0 Å². The fourth-order valence-corrected chi connectivity index (χ4v) is 2.36. The summed E-state index contributed by atoms with van der Waals surface area (Å²) in [6, 6.07) is 8.29. The maximum atomic E-state index is 9.25. The Morgan fingerprint density at radius 2 is 2.00 bits per heavy atom. The van der Waals surface area contributed by atoms with Gasteiger partial charge in [0.2, 0.25) is 0 Å². The van der Waals surface area contributed by atoms with E-state index < -0.39 is 0 Å². The lowest BCUT2D eigenvalue weighted by molar-refractivity contribution is 0.271. The van der Waals surface area contributed by atoms with Crippen LogP contribution in [0.25, 0.3) is 0 Å². The number of anilines is 2. The van der Waals surface area contributed by atoms with Crippen LogP contribution in [0, 0.1) is 11.3 Å². The molecular formula is C14H20N4. The van der Waals surface area contributed by atoms with Crippen molar-refractivity contribution in [1.29, 1.82) is 5.26 Å². The molecule has 0 bridgehead atoms. The number of nitrogens with zero attached hydrogens (tertiary/aromatic N) is 3. The standard InChI is InChI=1S/C14H20N4/c1-3-17-6-8-18(9-7-17)14-5-4-13(16-2)10-12(14)11-15/h4-5,10,16H,3,6-9H2,1-2H3. The normalized spacial score (nSPS) is 16.4. The molecule has 0 atom stereocenters. The molecular weight excluding hydrogens is 224 g/mol. The van der Waals surface area contributed by atoms with Crippen molar-refractivity contribution in [3.05, 3.63) is 23.8 Å². The molecule has 1 N–H and O–H groups in total. The van der Waals surface area contributed by atoms with Gasteiger partial charge in [-0.05, 0) is 24.7 Å². The molecule has 0 spiro atoms. The molecule has 0 aliphatic carbocycles. The number of nitrogens with one attached hydrogen (secondary N) is 1. The molecule has 0 radical (unpaired) electrons. The molecule has 1 aliphatic rings. The van der Waals surface area contributed by atoms with Gasteiger partial charge in [0.05, 0.1) is 11.3 Å². The van der Waals surface area contributed by atoms with E-state index in [1.54, 1.807) is 0 Å². The summed E-state index contributed by atoms with van der Waals surface area (Å²) in [7, 11) is 1.87. The van der Waals surface area contributed by atoms with Gasteiger partial charge in [-0.2, -0.15) is 5.26 Å². The van der Waals surface area contributed by atoms with Crippen LogP contribution in [0.1, 0.15) is 12.5 Å². The maximum absolute atomic E-state index is 9.25. The fraction of sp³-hybridized carbons (Fsp3) is 0.500. The van der Waals surface area contributed by atoms with Crippen molar-refractivity contribution in [3.8, 4) is 6.07 Å². The molecule has 0 aromatic heterocycles. The van der Waals surface area contributed by atoms with Crippen LogP contribution < -0.4 is 10.2 Å². The Labute approximate surface area is 109 Å². The second-order valence-corrected chi connectivity index (χ2v) is 4.52. The SMILES string of the molecule is CCN1CCN(c2ccc(NC)cc2C#N)CC1. The van der Waals surface area contributed by atoms with Gasteiger partial charge in [0.15, 0.2) is 0 Å². The Bertz CT molecular complexity index is 442. The van der Waals surface area contributed by atoms with Gasteiger partial charge in [0, 0.05) is 38.9 Å². The molecule has 2 rings (SSSR count). The molecule has 1 fully saturated rings. The minimum Gasteiger partial charge on any atom is -0.388 e. The summed E-state index contributed by atoms with van der Waals surface area (Å²) >= 11 is 0. The third kappa shape index (κ3) is 2.57. The predicted octanol–water partition coefficient (Wildman–Crippen LogP) is 1.74. The van der Waals surface area contributed by atoms with Gasteiger partial charge >= 0.3 is 0 Å². The van der Waals surface area contributed by atoms with Crippen molar-refractivity contribution < 1.29 is 0 Å². The van der Waals surface area contributed by atoms with Gasteiger partial charge in [-0.1, -0.05) is 6.92 Å². The van der Waals surface area contributed by atoms with Crippen LogP contribution in [0.4, 0.5) is 11.4 Å². The lowest BCUT2D eigenvalue weighted by atomic mass is 10.1. The molecule has 0 saturated carbocycles. The van der Waals surface area contributed by atoms with Gasteiger partial charge in [0.1, 0.15) is 6.07 Å².